The molecule has 0 atom stereocenters. The van der Waals surface area contributed by atoms with Crippen LogP contribution in [0.4, 0.5) is 5.82 Å². The number of pyridine rings is 1. The van der Waals surface area contributed by atoms with Crippen LogP contribution < -0.4 is 4.90 Å². The third-order valence-electron chi connectivity index (χ3n) is 5.83. The van der Waals surface area contributed by atoms with Gasteiger partial charge < -0.3 is 9.80 Å². The van der Waals surface area contributed by atoms with E-state index in [2.05, 4.69) is 32.2 Å². The molecule has 3 aromatic heterocycles. The maximum Gasteiger partial charge on any atom is 0.222 e. The van der Waals surface area contributed by atoms with Crippen LogP contribution >= 0.6 is 0 Å². The van der Waals surface area contributed by atoms with Crippen LogP contribution in [0.1, 0.15) is 18.4 Å². The highest BCUT2D eigenvalue weighted by Crippen LogP contribution is 2.20. The Balaban J connectivity index is 1.27. The average Bonchev–Trinajstić information content (AvgIpc) is 3.11. The Morgan fingerprint density at radius 1 is 0.875 bits per heavy atom. The molecule has 162 valence electrons. The van der Waals surface area contributed by atoms with Crippen LogP contribution in [0.5, 0.6) is 0 Å². The van der Waals surface area contributed by atoms with Crippen molar-refractivity contribution in [2.75, 3.05) is 31.1 Å². The molecule has 5 rings (SSSR count). The number of carbonyl (C=O) groups is 1. The number of nitrogens with zero attached hydrogens (tertiary/aromatic N) is 7. The summed E-state index contributed by atoms with van der Waals surface area (Å²) >= 11 is 0. The Morgan fingerprint density at radius 3 is 2.56 bits per heavy atom. The Hall–Kier alpha value is -3.81. The predicted octanol–water partition coefficient (Wildman–Crippen LogP) is 2.86. The Labute approximate surface area is 186 Å². The zero-order valence-electron chi connectivity index (χ0n) is 17.8. The van der Waals surface area contributed by atoms with E-state index in [1.54, 1.807) is 16.9 Å². The molecule has 1 saturated heterocycles. The minimum atomic E-state index is 0.220. The second-order valence-electron chi connectivity index (χ2n) is 7.93. The number of aromatic nitrogens is 5. The summed E-state index contributed by atoms with van der Waals surface area (Å²) in [6, 6.07) is 17.9. The van der Waals surface area contributed by atoms with E-state index in [4.69, 9.17) is 5.10 Å². The van der Waals surface area contributed by atoms with Crippen molar-refractivity contribution in [2.45, 2.75) is 19.3 Å². The highest BCUT2D eigenvalue weighted by atomic mass is 16.2. The number of benzene rings is 1. The molecule has 1 aliphatic rings. The van der Waals surface area contributed by atoms with Crippen LogP contribution in [0.2, 0.25) is 0 Å². The standard InChI is InChI=1S/C24H25N7O/c32-23(10-7-19-5-2-1-3-6-19)30-16-4-15-29(17-18-30)22-9-8-21-26-27-24(31(21)28-22)20-11-13-25-14-12-20/h1-3,5-6,8-9,11-14H,4,7,10,15-18H2. The third-order valence-corrected chi connectivity index (χ3v) is 5.83. The Morgan fingerprint density at radius 2 is 1.72 bits per heavy atom. The lowest BCUT2D eigenvalue weighted by Crippen LogP contribution is -2.35. The fourth-order valence-electron chi connectivity index (χ4n) is 4.08. The molecule has 0 unspecified atom stereocenters. The molecule has 1 aromatic carbocycles. The highest BCUT2D eigenvalue weighted by Gasteiger charge is 2.20. The van der Waals surface area contributed by atoms with Crippen LogP contribution in [-0.2, 0) is 11.2 Å². The van der Waals surface area contributed by atoms with E-state index in [-0.39, 0.29) is 5.91 Å². The lowest BCUT2D eigenvalue weighted by Gasteiger charge is -2.23. The van der Waals surface area contributed by atoms with E-state index >= 15 is 0 Å². The van der Waals surface area contributed by atoms with E-state index in [0.717, 1.165) is 43.9 Å². The lowest BCUT2D eigenvalue weighted by atomic mass is 10.1. The molecule has 32 heavy (non-hydrogen) atoms. The number of aryl methyl sites for hydroxylation is 1. The summed E-state index contributed by atoms with van der Waals surface area (Å²) in [5.41, 5.74) is 2.82. The van der Waals surface area contributed by atoms with Gasteiger partial charge in [-0.15, -0.1) is 15.3 Å². The average molecular weight is 428 g/mol. The maximum atomic E-state index is 12.8. The van der Waals surface area contributed by atoms with Crippen molar-refractivity contribution < 1.29 is 4.79 Å². The van der Waals surface area contributed by atoms with Gasteiger partial charge in [-0.3, -0.25) is 9.78 Å². The van der Waals surface area contributed by atoms with E-state index in [1.165, 1.54) is 5.56 Å². The molecular formula is C24H25N7O. The van der Waals surface area contributed by atoms with Crippen molar-refractivity contribution in [3.05, 3.63) is 72.6 Å². The first-order valence-corrected chi connectivity index (χ1v) is 11.0. The molecule has 0 aliphatic carbocycles. The minimum absolute atomic E-state index is 0.220. The predicted molar refractivity (Wildman–Crippen MR) is 122 cm³/mol. The van der Waals surface area contributed by atoms with Crippen LogP contribution in [0, 0.1) is 0 Å². The first kappa shape index (κ1) is 20.1. The quantitative estimate of drug-likeness (QED) is 0.487. The van der Waals surface area contributed by atoms with Crippen LogP contribution in [0.15, 0.2) is 67.0 Å². The molecule has 0 saturated carbocycles. The van der Waals surface area contributed by atoms with Gasteiger partial charge in [-0.1, -0.05) is 30.3 Å². The van der Waals surface area contributed by atoms with Gasteiger partial charge in [0.15, 0.2) is 11.5 Å². The number of hydrogen-bond acceptors (Lipinski definition) is 6. The molecule has 0 radical (unpaired) electrons. The van der Waals surface area contributed by atoms with Crippen molar-refractivity contribution in [3.8, 4) is 11.4 Å². The molecule has 0 N–H and O–H groups in total. The molecule has 0 bridgehead atoms. The summed E-state index contributed by atoms with van der Waals surface area (Å²) in [4.78, 5) is 21.1. The number of anilines is 1. The van der Waals surface area contributed by atoms with Gasteiger partial charge in [0.1, 0.15) is 5.82 Å². The summed E-state index contributed by atoms with van der Waals surface area (Å²) in [6.07, 6.45) is 5.71. The van der Waals surface area contributed by atoms with Gasteiger partial charge >= 0.3 is 0 Å². The summed E-state index contributed by atoms with van der Waals surface area (Å²) in [5.74, 6) is 1.78. The van der Waals surface area contributed by atoms with Crippen molar-refractivity contribution in [1.82, 2.24) is 29.7 Å². The molecule has 1 aliphatic heterocycles. The zero-order valence-corrected chi connectivity index (χ0v) is 17.8. The topological polar surface area (TPSA) is 79.5 Å². The number of fused-ring (bicyclic) bond motifs is 1. The SMILES string of the molecule is O=C(CCc1ccccc1)N1CCCN(c2ccc3nnc(-c4ccncc4)n3n2)CC1. The van der Waals surface area contributed by atoms with Gasteiger partial charge in [0.25, 0.3) is 0 Å². The molecular weight excluding hydrogens is 402 g/mol. The minimum Gasteiger partial charge on any atom is -0.353 e. The lowest BCUT2D eigenvalue weighted by molar-refractivity contribution is -0.130. The number of carbonyl (C=O) groups excluding carboxylic acids is 1. The fourth-order valence-corrected chi connectivity index (χ4v) is 4.08. The van der Waals surface area contributed by atoms with E-state index < -0.39 is 0 Å². The van der Waals surface area contributed by atoms with E-state index in [0.29, 0.717) is 24.4 Å². The van der Waals surface area contributed by atoms with Gasteiger partial charge in [0.05, 0.1) is 0 Å². The Kier molecular flexibility index (Phi) is 5.74. The smallest absolute Gasteiger partial charge is 0.222 e. The van der Waals surface area contributed by atoms with Crippen molar-refractivity contribution >= 4 is 17.4 Å². The van der Waals surface area contributed by atoms with Crippen LogP contribution in [0.25, 0.3) is 17.0 Å². The van der Waals surface area contributed by atoms with Crippen molar-refractivity contribution in [3.63, 3.8) is 0 Å². The van der Waals surface area contributed by atoms with Crippen LogP contribution in [0.3, 0.4) is 0 Å². The monoisotopic (exact) mass is 427 g/mol. The largest absolute Gasteiger partial charge is 0.353 e. The second kappa shape index (κ2) is 9.13. The molecule has 0 spiro atoms. The number of hydrogen-bond donors (Lipinski definition) is 0. The Bertz CT molecular complexity index is 1190. The molecule has 8 heteroatoms. The second-order valence-corrected chi connectivity index (χ2v) is 7.93. The summed E-state index contributed by atoms with van der Waals surface area (Å²) in [5, 5.41) is 13.4. The third kappa shape index (κ3) is 4.30. The molecule has 4 heterocycles. The first-order valence-electron chi connectivity index (χ1n) is 11.0. The van der Waals surface area contributed by atoms with Crippen molar-refractivity contribution in [1.29, 1.82) is 0 Å². The molecule has 8 nitrogen and oxygen atoms in total. The number of rotatable bonds is 5. The van der Waals surface area contributed by atoms with Gasteiger partial charge in [-0.05, 0) is 42.7 Å². The molecule has 1 fully saturated rings. The van der Waals surface area contributed by atoms with Crippen LogP contribution in [-0.4, -0.2) is 61.8 Å². The zero-order chi connectivity index (χ0) is 21.8. The first-order chi connectivity index (χ1) is 15.8. The van der Waals surface area contributed by atoms with Gasteiger partial charge in [-0.25, -0.2) is 0 Å². The van der Waals surface area contributed by atoms with Gasteiger partial charge in [0, 0.05) is 50.6 Å². The fraction of sp³-hybridized carbons (Fsp3) is 0.292. The molecule has 1 amide bonds. The van der Waals surface area contributed by atoms with Crippen molar-refractivity contribution in [2.24, 2.45) is 0 Å². The van der Waals surface area contributed by atoms with E-state index in [1.807, 2.05) is 47.4 Å². The summed E-state index contributed by atoms with van der Waals surface area (Å²) < 4.78 is 1.78. The highest BCUT2D eigenvalue weighted by molar-refractivity contribution is 5.76. The normalized spacial score (nSPS) is 14.5. The summed E-state index contributed by atoms with van der Waals surface area (Å²) in [6.45, 7) is 3.09. The van der Waals surface area contributed by atoms with Gasteiger partial charge in [0.2, 0.25) is 5.91 Å². The number of amides is 1. The van der Waals surface area contributed by atoms with Gasteiger partial charge in [-0.2, -0.15) is 4.52 Å². The summed E-state index contributed by atoms with van der Waals surface area (Å²) in [7, 11) is 0. The molecule has 4 aromatic rings. The maximum absolute atomic E-state index is 12.8. The van der Waals surface area contributed by atoms with E-state index in [9.17, 15) is 4.79 Å².